The summed E-state index contributed by atoms with van der Waals surface area (Å²) in [5, 5.41) is 32.5. The summed E-state index contributed by atoms with van der Waals surface area (Å²) in [6, 6.07) is 0. The summed E-state index contributed by atoms with van der Waals surface area (Å²) in [5.74, 6) is 0.0828. The van der Waals surface area contributed by atoms with Crippen LogP contribution in [0.4, 0.5) is 0 Å². The predicted molar refractivity (Wildman–Crippen MR) is 97.7 cm³/mol. The van der Waals surface area contributed by atoms with Gasteiger partial charge in [0.15, 0.2) is 0 Å². The molecule has 23 heavy (non-hydrogen) atoms. The number of hydrogen-bond acceptors (Lipinski definition) is 4. The topological polar surface area (TPSA) is 69.9 Å². The van der Waals surface area contributed by atoms with Crippen molar-refractivity contribution in [1.82, 2.24) is 0 Å². The normalized spacial score (nSPS) is 31.8. The van der Waals surface area contributed by atoms with E-state index in [0.717, 1.165) is 10.4 Å². The molecule has 0 amide bonds. The van der Waals surface area contributed by atoms with Crippen LogP contribution in [0, 0.1) is 5.92 Å². The first-order valence-electron chi connectivity index (χ1n) is 8.08. The number of aliphatic hydroxyl groups excluding tert-OH is 3. The SMILES string of the molecule is C[C@H]1C=CC=C([Si](C)(C)O[Si](C)(C)C2=CC=C[C@H](O)[C@@H]2O)[C@H]1O. The Kier molecular flexibility index (Phi) is 5.35. The van der Waals surface area contributed by atoms with Gasteiger partial charge in [0, 0.05) is 5.92 Å². The molecule has 0 aromatic carbocycles. The number of rotatable bonds is 4. The zero-order chi connectivity index (χ0) is 17.4. The second-order valence-electron chi connectivity index (χ2n) is 7.38. The van der Waals surface area contributed by atoms with E-state index in [1.54, 1.807) is 12.2 Å². The molecule has 0 spiro atoms. The molecule has 0 heterocycles. The Bertz CT molecular complexity index is 525. The van der Waals surface area contributed by atoms with Crippen LogP contribution in [-0.4, -0.2) is 50.3 Å². The Morgan fingerprint density at radius 3 is 1.87 bits per heavy atom. The predicted octanol–water partition coefficient (Wildman–Crippen LogP) is 2.20. The van der Waals surface area contributed by atoms with Crippen molar-refractivity contribution >= 4 is 16.6 Å². The van der Waals surface area contributed by atoms with Gasteiger partial charge in [-0.25, -0.2) is 0 Å². The summed E-state index contributed by atoms with van der Waals surface area (Å²) in [6.45, 7) is 10.3. The van der Waals surface area contributed by atoms with Crippen LogP contribution in [0.5, 0.6) is 0 Å². The van der Waals surface area contributed by atoms with Crippen LogP contribution in [0.3, 0.4) is 0 Å². The molecule has 0 radical (unpaired) electrons. The number of hydrogen-bond donors (Lipinski definition) is 3. The van der Waals surface area contributed by atoms with Crippen LogP contribution >= 0.6 is 0 Å². The lowest BCUT2D eigenvalue weighted by Gasteiger charge is -2.41. The Morgan fingerprint density at radius 2 is 1.30 bits per heavy atom. The van der Waals surface area contributed by atoms with Crippen LogP contribution in [0.15, 0.2) is 46.8 Å². The molecule has 0 unspecified atom stereocenters. The number of aliphatic hydroxyl groups is 3. The summed E-state index contributed by atoms with van der Waals surface area (Å²) in [7, 11) is -4.71. The maximum absolute atomic E-state index is 10.5. The Hall–Kier alpha value is -0.766. The van der Waals surface area contributed by atoms with Crippen molar-refractivity contribution in [3.63, 3.8) is 0 Å². The third-order valence-electron chi connectivity index (χ3n) is 4.63. The third-order valence-corrected chi connectivity index (χ3v) is 12.4. The molecule has 128 valence electrons. The third kappa shape index (κ3) is 3.84. The van der Waals surface area contributed by atoms with Crippen molar-refractivity contribution in [2.24, 2.45) is 5.92 Å². The van der Waals surface area contributed by atoms with Gasteiger partial charge in [0.05, 0.1) is 6.10 Å². The highest BCUT2D eigenvalue weighted by atomic mass is 28.4. The molecule has 2 rings (SSSR count). The minimum Gasteiger partial charge on any atom is -0.449 e. The van der Waals surface area contributed by atoms with Crippen molar-refractivity contribution < 1.29 is 19.4 Å². The van der Waals surface area contributed by atoms with E-state index in [1.165, 1.54) is 0 Å². The summed E-state index contributed by atoms with van der Waals surface area (Å²) in [5.41, 5.74) is 0. The standard InChI is InChI=1S/C17H28O4Si2/c1-12-8-6-10-14(16(12)19)22(2,3)21-23(4,5)15-11-7-9-13(18)17(15)20/h6-13,16-20H,1-5H3/t12-,13-,16-,17-/m0/s1. The molecule has 0 aliphatic heterocycles. The largest absolute Gasteiger partial charge is 0.449 e. The van der Waals surface area contributed by atoms with Gasteiger partial charge in [-0.2, -0.15) is 0 Å². The molecular weight excluding hydrogens is 324 g/mol. The van der Waals surface area contributed by atoms with E-state index in [9.17, 15) is 15.3 Å². The molecule has 0 saturated heterocycles. The average Bonchev–Trinajstić information content (AvgIpc) is 2.43. The van der Waals surface area contributed by atoms with Crippen molar-refractivity contribution in [2.45, 2.75) is 51.4 Å². The van der Waals surface area contributed by atoms with Crippen molar-refractivity contribution in [3.05, 3.63) is 46.8 Å². The second kappa shape index (κ2) is 6.62. The smallest absolute Gasteiger partial charge is 0.204 e. The second-order valence-corrected chi connectivity index (χ2v) is 15.4. The summed E-state index contributed by atoms with van der Waals surface area (Å²) < 4.78 is 6.58. The molecule has 4 nitrogen and oxygen atoms in total. The first-order chi connectivity index (χ1) is 10.6. The first-order valence-corrected chi connectivity index (χ1v) is 13.9. The monoisotopic (exact) mass is 352 g/mol. The Balaban J connectivity index is 2.25. The molecule has 3 N–H and O–H groups in total. The van der Waals surface area contributed by atoms with Gasteiger partial charge in [-0.05, 0) is 36.6 Å². The van der Waals surface area contributed by atoms with Gasteiger partial charge < -0.3 is 19.4 Å². The van der Waals surface area contributed by atoms with E-state index in [-0.39, 0.29) is 5.92 Å². The number of allylic oxidation sites excluding steroid dienone is 4. The molecule has 0 saturated carbocycles. The Labute approximate surface area is 140 Å². The first kappa shape index (κ1) is 18.6. The maximum atomic E-state index is 10.5. The van der Waals surface area contributed by atoms with Crippen molar-refractivity contribution in [1.29, 1.82) is 0 Å². The van der Waals surface area contributed by atoms with Crippen molar-refractivity contribution in [3.8, 4) is 0 Å². The van der Waals surface area contributed by atoms with Crippen LogP contribution in [0.2, 0.25) is 26.2 Å². The maximum Gasteiger partial charge on any atom is 0.204 e. The molecule has 0 aromatic rings. The molecule has 0 aromatic heterocycles. The minimum absolute atomic E-state index is 0.0828. The van der Waals surface area contributed by atoms with E-state index < -0.39 is 34.9 Å². The quantitative estimate of drug-likeness (QED) is 0.679. The van der Waals surface area contributed by atoms with Gasteiger partial charge in [0.2, 0.25) is 16.6 Å². The van der Waals surface area contributed by atoms with Gasteiger partial charge in [0.1, 0.15) is 12.2 Å². The molecule has 2 aliphatic rings. The van der Waals surface area contributed by atoms with Crippen LogP contribution < -0.4 is 0 Å². The lowest BCUT2D eigenvalue weighted by molar-refractivity contribution is 0.0744. The fraction of sp³-hybridized carbons (Fsp3) is 0.529. The summed E-state index contributed by atoms with van der Waals surface area (Å²) in [4.78, 5) is 0. The van der Waals surface area contributed by atoms with E-state index >= 15 is 0 Å². The fourth-order valence-corrected chi connectivity index (χ4v) is 12.3. The van der Waals surface area contributed by atoms with Crippen molar-refractivity contribution in [2.75, 3.05) is 0 Å². The molecule has 0 fully saturated rings. The highest BCUT2D eigenvalue weighted by molar-refractivity contribution is 6.91. The highest BCUT2D eigenvalue weighted by Gasteiger charge is 2.44. The minimum atomic E-state index is -2.39. The fourth-order valence-electron chi connectivity index (χ4n) is 3.35. The van der Waals surface area contributed by atoms with Crippen LogP contribution in [-0.2, 0) is 4.12 Å². The van der Waals surface area contributed by atoms with E-state index in [2.05, 4.69) is 13.1 Å². The molecule has 2 aliphatic carbocycles. The van der Waals surface area contributed by atoms with E-state index in [4.69, 9.17) is 4.12 Å². The van der Waals surface area contributed by atoms with Gasteiger partial charge in [-0.15, -0.1) is 0 Å². The average molecular weight is 353 g/mol. The van der Waals surface area contributed by atoms with E-state index in [0.29, 0.717) is 0 Å². The van der Waals surface area contributed by atoms with Gasteiger partial charge in [-0.3, -0.25) is 0 Å². The molecular formula is C17H28O4Si2. The summed E-state index contributed by atoms with van der Waals surface area (Å²) in [6.07, 6.45) is 8.89. The molecule has 4 atom stereocenters. The zero-order valence-electron chi connectivity index (χ0n) is 14.5. The van der Waals surface area contributed by atoms with Gasteiger partial charge in [0.25, 0.3) is 0 Å². The molecule has 0 bridgehead atoms. The van der Waals surface area contributed by atoms with E-state index in [1.807, 2.05) is 44.3 Å². The van der Waals surface area contributed by atoms with Crippen LogP contribution in [0.1, 0.15) is 6.92 Å². The van der Waals surface area contributed by atoms with Gasteiger partial charge in [-0.1, -0.05) is 43.4 Å². The van der Waals surface area contributed by atoms with Crippen LogP contribution in [0.25, 0.3) is 0 Å². The molecule has 6 heteroatoms. The van der Waals surface area contributed by atoms with Gasteiger partial charge >= 0.3 is 0 Å². The highest BCUT2D eigenvalue weighted by Crippen LogP contribution is 2.34. The lowest BCUT2D eigenvalue weighted by Crippen LogP contribution is -2.53. The summed E-state index contributed by atoms with van der Waals surface area (Å²) >= 11 is 0. The lowest BCUT2D eigenvalue weighted by atomic mass is 10.00. The Morgan fingerprint density at radius 1 is 0.826 bits per heavy atom. The zero-order valence-corrected chi connectivity index (χ0v) is 16.5.